The predicted molar refractivity (Wildman–Crippen MR) is 144 cm³/mol. The molecule has 0 spiro atoms. The minimum Gasteiger partial charge on any atom is -0.298 e. The Balaban J connectivity index is 1.30. The molecule has 4 rings (SSSR count). The van der Waals surface area contributed by atoms with E-state index >= 15 is 0 Å². The average molecular weight is 494 g/mol. The van der Waals surface area contributed by atoms with Crippen LogP contribution in [0.2, 0.25) is 0 Å². The zero-order valence-corrected chi connectivity index (χ0v) is 22.4. The van der Waals surface area contributed by atoms with Gasteiger partial charge in [0.15, 0.2) is 0 Å². The summed E-state index contributed by atoms with van der Waals surface area (Å²) in [4.78, 5) is 21.8. The Kier molecular flexibility index (Phi) is 9.14. The van der Waals surface area contributed by atoms with Crippen LogP contribution in [0.4, 0.5) is 0 Å². The molecule has 2 saturated heterocycles. The van der Waals surface area contributed by atoms with E-state index in [9.17, 15) is 4.79 Å². The normalized spacial score (nSPS) is 22.7. The molecule has 2 N–H and O–H groups in total. The molecule has 2 aromatic rings. The van der Waals surface area contributed by atoms with E-state index in [-0.39, 0.29) is 0 Å². The van der Waals surface area contributed by atoms with Gasteiger partial charge >= 0.3 is 0 Å². The van der Waals surface area contributed by atoms with Gasteiger partial charge in [-0.1, -0.05) is 36.4 Å². The number of hydrogen-bond donors (Lipinski definition) is 2. The maximum Gasteiger partial charge on any atom is 0.274 e. The van der Waals surface area contributed by atoms with Crippen molar-refractivity contribution in [2.75, 3.05) is 39.3 Å². The molecule has 36 heavy (non-hydrogen) atoms. The fraction of sp³-hybridized carbons (Fsp3) is 0.552. The lowest BCUT2D eigenvalue weighted by molar-refractivity contribution is 0.0290. The summed E-state index contributed by atoms with van der Waals surface area (Å²) >= 11 is 0. The minimum absolute atomic E-state index is 0.459. The van der Waals surface area contributed by atoms with Crippen LogP contribution in [0, 0.1) is 0 Å². The standard InChI is InChI=1S/C29H43N5O2/c1-22(2)33-14-12-31(13-15-33)20-26-6-5-7-27(16-26)21-34-23(3)17-32(18-24(34)4)19-25-8-10-28(11-9-25)29(35)30-36/h5-11,16,22-24,36H,12-15,17-21H2,1-4H3,(H,30,35). The Morgan fingerprint density at radius 1 is 0.861 bits per heavy atom. The molecule has 0 radical (unpaired) electrons. The SMILES string of the molecule is CC(C)N1CCN(Cc2cccc(CN3C(C)CN(Cc4ccc(C(=O)NO)cc4)CC3C)c2)CC1. The van der Waals surface area contributed by atoms with Gasteiger partial charge in [-0.3, -0.25) is 29.6 Å². The zero-order valence-electron chi connectivity index (χ0n) is 22.4. The highest BCUT2D eigenvalue weighted by atomic mass is 16.5. The first-order chi connectivity index (χ1) is 17.3. The number of nitrogens with zero attached hydrogens (tertiary/aromatic N) is 4. The number of amides is 1. The summed E-state index contributed by atoms with van der Waals surface area (Å²) in [6.45, 7) is 18.8. The molecule has 2 aliphatic rings. The van der Waals surface area contributed by atoms with Gasteiger partial charge in [0.2, 0.25) is 0 Å². The van der Waals surface area contributed by atoms with Crippen LogP contribution >= 0.6 is 0 Å². The lowest BCUT2D eigenvalue weighted by Gasteiger charge is -2.44. The molecule has 0 bridgehead atoms. The topological polar surface area (TPSA) is 62.3 Å². The van der Waals surface area contributed by atoms with E-state index in [2.05, 4.69) is 71.6 Å². The zero-order chi connectivity index (χ0) is 25.7. The number of hydroxylamine groups is 1. The average Bonchev–Trinajstić information content (AvgIpc) is 2.87. The van der Waals surface area contributed by atoms with E-state index in [1.54, 1.807) is 17.6 Å². The summed E-state index contributed by atoms with van der Waals surface area (Å²) in [6.07, 6.45) is 0. The Morgan fingerprint density at radius 2 is 1.44 bits per heavy atom. The van der Waals surface area contributed by atoms with Crippen LogP contribution < -0.4 is 5.48 Å². The molecule has 7 heteroatoms. The van der Waals surface area contributed by atoms with Crippen LogP contribution in [-0.4, -0.2) is 88.1 Å². The highest BCUT2D eigenvalue weighted by Gasteiger charge is 2.29. The van der Waals surface area contributed by atoms with Gasteiger partial charge in [-0.2, -0.15) is 0 Å². The number of piperazine rings is 2. The summed E-state index contributed by atoms with van der Waals surface area (Å²) in [7, 11) is 0. The number of benzene rings is 2. The number of carbonyl (C=O) groups excluding carboxylic acids is 1. The lowest BCUT2D eigenvalue weighted by atomic mass is 10.0. The molecule has 2 atom stereocenters. The lowest BCUT2D eigenvalue weighted by Crippen LogP contribution is -2.55. The third-order valence-corrected chi connectivity index (χ3v) is 7.80. The minimum atomic E-state index is -0.477. The van der Waals surface area contributed by atoms with Crippen molar-refractivity contribution in [3.63, 3.8) is 0 Å². The van der Waals surface area contributed by atoms with Crippen LogP contribution in [-0.2, 0) is 19.6 Å². The Morgan fingerprint density at radius 3 is 2.03 bits per heavy atom. The Bertz CT molecular complexity index is 975. The first kappa shape index (κ1) is 26.8. The number of nitrogens with one attached hydrogen (secondary N) is 1. The second kappa shape index (κ2) is 12.3. The second-order valence-corrected chi connectivity index (χ2v) is 10.9. The van der Waals surface area contributed by atoms with Gasteiger partial charge in [-0.15, -0.1) is 0 Å². The highest BCUT2D eigenvalue weighted by molar-refractivity contribution is 5.93. The predicted octanol–water partition coefficient (Wildman–Crippen LogP) is 3.43. The summed E-state index contributed by atoms with van der Waals surface area (Å²) in [5, 5.41) is 8.81. The summed E-state index contributed by atoms with van der Waals surface area (Å²) < 4.78 is 0. The molecule has 196 valence electrons. The van der Waals surface area contributed by atoms with Crippen molar-refractivity contribution in [1.82, 2.24) is 25.1 Å². The number of rotatable bonds is 8. The molecule has 2 aromatic carbocycles. The van der Waals surface area contributed by atoms with Crippen LogP contribution in [0.1, 0.15) is 54.7 Å². The van der Waals surface area contributed by atoms with E-state index in [1.165, 1.54) is 29.8 Å². The summed E-state index contributed by atoms with van der Waals surface area (Å²) in [5.74, 6) is -0.477. The monoisotopic (exact) mass is 493 g/mol. The van der Waals surface area contributed by atoms with Crippen LogP contribution in [0.3, 0.4) is 0 Å². The summed E-state index contributed by atoms with van der Waals surface area (Å²) in [6, 6.07) is 18.2. The van der Waals surface area contributed by atoms with Gasteiger partial charge < -0.3 is 0 Å². The van der Waals surface area contributed by atoms with Crippen molar-refractivity contribution in [1.29, 1.82) is 0 Å². The van der Waals surface area contributed by atoms with Crippen molar-refractivity contribution < 1.29 is 10.0 Å². The molecule has 2 aliphatic heterocycles. The molecule has 1 amide bonds. The van der Waals surface area contributed by atoms with Crippen molar-refractivity contribution in [3.05, 3.63) is 70.8 Å². The largest absolute Gasteiger partial charge is 0.298 e. The first-order valence-corrected chi connectivity index (χ1v) is 13.4. The summed E-state index contributed by atoms with van der Waals surface area (Å²) in [5.41, 5.74) is 6.15. The molecule has 2 fully saturated rings. The molecule has 0 aromatic heterocycles. The third kappa shape index (κ3) is 6.93. The molecule has 2 heterocycles. The van der Waals surface area contributed by atoms with E-state index in [0.29, 0.717) is 23.7 Å². The van der Waals surface area contributed by atoms with Crippen molar-refractivity contribution in [3.8, 4) is 0 Å². The fourth-order valence-corrected chi connectivity index (χ4v) is 5.72. The molecule has 0 saturated carbocycles. The van der Waals surface area contributed by atoms with Gasteiger partial charge in [-0.05, 0) is 56.5 Å². The smallest absolute Gasteiger partial charge is 0.274 e. The highest BCUT2D eigenvalue weighted by Crippen LogP contribution is 2.22. The van der Waals surface area contributed by atoms with Crippen molar-refractivity contribution in [2.45, 2.75) is 65.5 Å². The van der Waals surface area contributed by atoms with Crippen LogP contribution in [0.15, 0.2) is 48.5 Å². The van der Waals surface area contributed by atoms with Crippen molar-refractivity contribution in [2.24, 2.45) is 0 Å². The second-order valence-electron chi connectivity index (χ2n) is 10.9. The Labute approximate surface area is 216 Å². The Hall–Kier alpha value is -2.29. The molecular formula is C29H43N5O2. The van der Waals surface area contributed by atoms with Crippen LogP contribution in [0.25, 0.3) is 0 Å². The van der Waals surface area contributed by atoms with Gasteiger partial charge in [0.25, 0.3) is 5.91 Å². The maximum atomic E-state index is 11.6. The van der Waals surface area contributed by atoms with Gasteiger partial charge in [0.1, 0.15) is 0 Å². The number of carbonyl (C=O) groups is 1. The van der Waals surface area contributed by atoms with E-state index in [4.69, 9.17) is 5.21 Å². The van der Waals surface area contributed by atoms with Gasteiger partial charge in [0, 0.05) is 82.6 Å². The van der Waals surface area contributed by atoms with E-state index in [0.717, 1.165) is 45.8 Å². The third-order valence-electron chi connectivity index (χ3n) is 7.80. The van der Waals surface area contributed by atoms with Gasteiger partial charge in [-0.25, -0.2) is 5.48 Å². The first-order valence-electron chi connectivity index (χ1n) is 13.4. The fourth-order valence-electron chi connectivity index (χ4n) is 5.72. The molecular weight excluding hydrogens is 450 g/mol. The molecule has 0 aliphatic carbocycles. The number of hydrogen-bond acceptors (Lipinski definition) is 6. The quantitative estimate of drug-likeness (QED) is 0.434. The van der Waals surface area contributed by atoms with E-state index < -0.39 is 5.91 Å². The van der Waals surface area contributed by atoms with E-state index in [1.807, 2.05) is 12.1 Å². The molecule has 2 unspecified atom stereocenters. The maximum absolute atomic E-state index is 11.6. The van der Waals surface area contributed by atoms with Crippen LogP contribution in [0.5, 0.6) is 0 Å². The van der Waals surface area contributed by atoms with Crippen molar-refractivity contribution >= 4 is 5.91 Å². The van der Waals surface area contributed by atoms with Gasteiger partial charge in [0.05, 0.1) is 0 Å². The molecule has 7 nitrogen and oxygen atoms in total.